The monoisotopic (exact) mass is 442 g/mol. The highest BCUT2D eigenvalue weighted by atomic mass is 16.6. The van der Waals surface area contributed by atoms with Crippen LogP contribution in [0.1, 0.15) is 37.8 Å². The lowest BCUT2D eigenvalue weighted by Gasteiger charge is -2.46. The third-order valence-electron chi connectivity index (χ3n) is 5.76. The SMILES string of the molecule is CC(C)(C(=O)O)[C@H]1O[C@H](CC(=O)O)C[C@H](OCc2ccccc2)[C@@H]1OCc1ccccc1. The van der Waals surface area contributed by atoms with Crippen molar-refractivity contribution in [3.05, 3.63) is 71.8 Å². The van der Waals surface area contributed by atoms with E-state index in [2.05, 4.69) is 0 Å². The highest BCUT2D eigenvalue weighted by Crippen LogP contribution is 2.37. The fraction of sp³-hybridized carbons (Fsp3) is 0.440. The van der Waals surface area contributed by atoms with Crippen molar-refractivity contribution < 1.29 is 34.0 Å². The summed E-state index contributed by atoms with van der Waals surface area (Å²) in [7, 11) is 0. The molecule has 7 nitrogen and oxygen atoms in total. The fourth-order valence-electron chi connectivity index (χ4n) is 3.86. The Hall–Kier alpha value is -2.74. The Morgan fingerprint density at radius 2 is 1.47 bits per heavy atom. The van der Waals surface area contributed by atoms with E-state index in [-0.39, 0.29) is 13.0 Å². The standard InChI is InChI=1S/C25H30O7/c1-25(2,24(28)29)23-22(31-16-18-11-7-4-8-12-18)20(13-19(32-23)14-21(26)27)30-15-17-9-5-3-6-10-17/h3-12,19-20,22-23H,13-16H2,1-2H3,(H,26,27)(H,28,29)/t19-,20-,22-,23-/m0/s1. The summed E-state index contributed by atoms with van der Waals surface area (Å²) < 4.78 is 18.4. The first kappa shape index (κ1) is 23.9. The van der Waals surface area contributed by atoms with Crippen LogP contribution in [0.5, 0.6) is 0 Å². The zero-order chi connectivity index (χ0) is 23.1. The Balaban J connectivity index is 1.86. The molecule has 0 spiro atoms. The van der Waals surface area contributed by atoms with Crippen LogP contribution in [0, 0.1) is 5.41 Å². The maximum Gasteiger partial charge on any atom is 0.311 e. The first-order valence-corrected chi connectivity index (χ1v) is 10.7. The van der Waals surface area contributed by atoms with Gasteiger partial charge in [-0.05, 0) is 25.0 Å². The molecule has 7 heteroatoms. The molecule has 1 fully saturated rings. The number of hydrogen-bond donors (Lipinski definition) is 2. The molecule has 2 N–H and O–H groups in total. The van der Waals surface area contributed by atoms with Crippen LogP contribution in [0.15, 0.2) is 60.7 Å². The molecule has 0 aliphatic carbocycles. The number of ether oxygens (including phenoxy) is 3. The molecular weight excluding hydrogens is 412 g/mol. The molecule has 0 aromatic heterocycles. The van der Waals surface area contributed by atoms with Gasteiger partial charge in [0.15, 0.2) is 0 Å². The van der Waals surface area contributed by atoms with Crippen LogP contribution >= 0.6 is 0 Å². The van der Waals surface area contributed by atoms with Gasteiger partial charge in [0.05, 0.1) is 37.3 Å². The number of carboxylic acid groups (broad SMARTS) is 2. The highest BCUT2D eigenvalue weighted by molar-refractivity contribution is 5.74. The van der Waals surface area contributed by atoms with Crippen LogP contribution < -0.4 is 0 Å². The maximum atomic E-state index is 12.1. The number of carbonyl (C=O) groups is 2. The molecule has 0 unspecified atom stereocenters. The molecule has 3 rings (SSSR count). The summed E-state index contributed by atoms with van der Waals surface area (Å²) in [5.74, 6) is -2.05. The van der Waals surface area contributed by atoms with Crippen molar-refractivity contribution in [1.82, 2.24) is 0 Å². The van der Waals surface area contributed by atoms with Crippen molar-refractivity contribution >= 4 is 11.9 Å². The Bertz CT molecular complexity index is 882. The van der Waals surface area contributed by atoms with E-state index in [0.717, 1.165) is 11.1 Å². The van der Waals surface area contributed by atoms with E-state index < -0.39 is 41.8 Å². The van der Waals surface area contributed by atoms with Crippen LogP contribution in [-0.4, -0.2) is 46.6 Å². The van der Waals surface area contributed by atoms with Gasteiger partial charge in [-0.25, -0.2) is 0 Å². The fourth-order valence-corrected chi connectivity index (χ4v) is 3.86. The van der Waals surface area contributed by atoms with Gasteiger partial charge in [0.2, 0.25) is 0 Å². The van der Waals surface area contributed by atoms with Crippen molar-refractivity contribution in [2.24, 2.45) is 5.41 Å². The van der Waals surface area contributed by atoms with Crippen molar-refractivity contribution in [3.8, 4) is 0 Å². The number of rotatable bonds is 10. The van der Waals surface area contributed by atoms with Crippen molar-refractivity contribution in [1.29, 1.82) is 0 Å². The molecule has 0 bridgehead atoms. The molecule has 0 amide bonds. The molecule has 32 heavy (non-hydrogen) atoms. The first-order valence-electron chi connectivity index (χ1n) is 10.7. The molecule has 2 aromatic rings. The Morgan fingerprint density at radius 1 is 0.938 bits per heavy atom. The minimum atomic E-state index is -1.31. The minimum absolute atomic E-state index is 0.233. The first-order chi connectivity index (χ1) is 15.3. The smallest absolute Gasteiger partial charge is 0.311 e. The Morgan fingerprint density at radius 3 is 1.97 bits per heavy atom. The van der Waals surface area contributed by atoms with E-state index in [1.807, 2.05) is 60.7 Å². The van der Waals surface area contributed by atoms with Crippen molar-refractivity contribution in [2.75, 3.05) is 0 Å². The largest absolute Gasteiger partial charge is 0.481 e. The van der Waals surface area contributed by atoms with Gasteiger partial charge in [-0.3, -0.25) is 9.59 Å². The van der Waals surface area contributed by atoms with Gasteiger partial charge in [0.1, 0.15) is 12.2 Å². The van der Waals surface area contributed by atoms with Crippen LogP contribution in [0.2, 0.25) is 0 Å². The zero-order valence-electron chi connectivity index (χ0n) is 18.3. The van der Waals surface area contributed by atoms with E-state index in [1.54, 1.807) is 13.8 Å². The molecular formula is C25H30O7. The normalized spacial score (nSPS) is 23.6. The van der Waals surface area contributed by atoms with Gasteiger partial charge in [-0.1, -0.05) is 60.7 Å². The van der Waals surface area contributed by atoms with Crippen LogP contribution in [-0.2, 0) is 37.0 Å². The number of benzene rings is 2. The van der Waals surface area contributed by atoms with Gasteiger partial charge in [0.25, 0.3) is 0 Å². The third-order valence-corrected chi connectivity index (χ3v) is 5.76. The lowest BCUT2D eigenvalue weighted by atomic mass is 9.79. The van der Waals surface area contributed by atoms with E-state index >= 15 is 0 Å². The summed E-state index contributed by atoms with van der Waals surface area (Å²) in [6.07, 6.45) is -2.71. The lowest BCUT2D eigenvalue weighted by Crippen LogP contribution is -2.58. The van der Waals surface area contributed by atoms with E-state index in [0.29, 0.717) is 13.0 Å². The summed E-state index contributed by atoms with van der Waals surface area (Å²) in [4.78, 5) is 23.4. The average Bonchev–Trinajstić information content (AvgIpc) is 2.77. The summed E-state index contributed by atoms with van der Waals surface area (Å²) in [5, 5.41) is 19.2. The van der Waals surface area contributed by atoms with Crippen molar-refractivity contribution in [3.63, 3.8) is 0 Å². The molecule has 0 radical (unpaired) electrons. The predicted octanol–water partition coefficient (Wildman–Crippen LogP) is 3.90. The topological polar surface area (TPSA) is 102 Å². The number of hydrogen-bond acceptors (Lipinski definition) is 5. The third kappa shape index (κ3) is 6.16. The van der Waals surface area contributed by atoms with Gasteiger partial charge in [0, 0.05) is 6.42 Å². The molecule has 0 saturated carbocycles. The van der Waals surface area contributed by atoms with E-state index in [4.69, 9.17) is 14.2 Å². The quantitative estimate of drug-likeness (QED) is 0.575. The Labute approximate surface area is 187 Å². The van der Waals surface area contributed by atoms with Crippen LogP contribution in [0.3, 0.4) is 0 Å². The molecule has 1 aliphatic rings. The molecule has 2 aromatic carbocycles. The summed E-state index contributed by atoms with van der Waals surface area (Å²) in [6, 6.07) is 19.2. The molecule has 172 valence electrons. The molecule has 1 aliphatic heterocycles. The van der Waals surface area contributed by atoms with Gasteiger partial charge in [-0.2, -0.15) is 0 Å². The second-order valence-corrected chi connectivity index (χ2v) is 8.64. The summed E-state index contributed by atoms with van der Waals surface area (Å²) in [6.45, 7) is 3.69. The minimum Gasteiger partial charge on any atom is -0.481 e. The van der Waals surface area contributed by atoms with Crippen molar-refractivity contribution in [2.45, 2.75) is 64.3 Å². The molecule has 1 saturated heterocycles. The predicted molar refractivity (Wildman–Crippen MR) is 117 cm³/mol. The average molecular weight is 443 g/mol. The van der Waals surface area contributed by atoms with E-state index in [9.17, 15) is 19.8 Å². The highest BCUT2D eigenvalue weighted by Gasteiger charge is 2.51. The summed E-state index contributed by atoms with van der Waals surface area (Å²) >= 11 is 0. The Kier molecular flexibility index (Phi) is 8.01. The summed E-state index contributed by atoms with van der Waals surface area (Å²) in [5.41, 5.74) is 0.589. The van der Waals surface area contributed by atoms with Gasteiger partial charge < -0.3 is 24.4 Å². The van der Waals surface area contributed by atoms with Gasteiger partial charge in [-0.15, -0.1) is 0 Å². The second-order valence-electron chi connectivity index (χ2n) is 8.64. The van der Waals surface area contributed by atoms with E-state index in [1.165, 1.54) is 0 Å². The van der Waals surface area contributed by atoms with Crippen LogP contribution in [0.4, 0.5) is 0 Å². The zero-order valence-corrected chi connectivity index (χ0v) is 18.3. The number of aliphatic carboxylic acids is 2. The molecule has 1 heterocycles. The molecule has 4 atom stereocenters. The second kappa shape index (κ2) is 10.7. The van der Waals surface area contributed by atoms with Crippen LogP contribution in [0.25, 0.3) is 0 Å². The van der Waals surface area contributed by atoms with Gasteiger partial charge >= 0.3 is 11.9 Å². The maximum absolute atomic E-state index is 12.1. The number of carboxylic acids is 2. The lowest BCUT2D eigenvalue weighted by molar-refractivity contribution is -0.237.